The number of nitro benzene ring substituents is 1. The Morgan fingerprint density at radius 1 is 1.21 bits per heavy atom. The Kier molecular flexibility index (Phi) is 5.68. The second-order valence-corrected chi connectivity index (χ2v) is 7.47. The highest BCUT2D eigenvalue weighted by molar-refractivity contribution is 7.88. The van der Waals surface area contributed by atoms with Crippen LogP contribution in [0.5, 0.6) is 0 Å². The van der Waals surface area contributed by atoms with Crippen LogP contribution in [0.1, 0.15) is 12.0 Å². The molecule has 0 N–H and O–H groups in total. The van der Waals surface area contributed by atoms with Gasteiger partial charge in [0.2, 0.25) is 15.9 Å². The van der Waals surface area contributed by atoms with Crippen LogP contribution in [0.2, 0.25) is 0 Å². The van der Waals surface area contributed by atoms with E-state index in [1.54, 1.807) is 23.1 Å². The lowest BCUT2D eigenvalue weighted by molar-refractivity contribution is -0.385. The van der Waals surface area contributed by atoms with Gasteiger partial charge in [-0.05, 0) is 18.6 Å². The van der Waals surface area contributed by atoms with Crippen LogP contribution < -0.4 is 0 Å². The maximum absolute atomic E-state index is 12.3. The van der Waals surface area contributed by atoms with E-state index in [1.165, 1.54) is 22.5 Å². The molecule has 1 aliphatic heterocycles. The molecule has 2 rings (SSSR count). The van der Waals surface area contributed by atoms with E-state index in [9.17, 15) is 23.3 Å². The van der Waals surface area contributed by atoms with E-state index in [0.29, 0.717) is 31.6 Å². The minimum absolute atomic E-state index is 0.0688. The van der Waals surface area contributed by atoms with E-state index < -0.39 is 14.9 Å². The van der Waals surface area contributed by atoms with Gasteiger partial charge in [0.1, 0.15) is 0 Å². The third-order valence-electron chi connectivity index (χ3n) is 3.77. The zero-order chi connectivity index (χ0) is 17.7. The fourth-order valence-corrected chi connectivity index (χ4v) is 3.38. The van der Waals surface area contributed by atoms with E-state index in [1.807, 2.05) is 0 Å². The molecule has 1 aliphatic rings. The van der Waals surface area contributed by atoms with Gasteiger partial charge in [0.25, 0.3) is 5.69 Å². The summed E-state index contributed by atoms with van der Waals surface area (Å²) < 4.78 is 24.5. The number of para-hydroxylation sites is 1. The van der Waals surface area contributed by atoms with Crippen LogP contribution in [-0.2, 0) is 14.8 Å². The van der Waals surface area contributed by atoms with Crippen molar-refractivity contribution in [1.29, 1.82) is 0 Å². The minimum atomic E-state index is -3.27. The van der Waals surface area contributed by atoms with Crippen LogP contribution in [-0.4, -0.2) is 60.9 Å². The predicted molar refractivity (Wildman–Crippen MR) is 89.7 cm³/mol. The number of benzene rings is 1. The first-order chi connectivity index (χ1) is 11.3. The van der Waals surface area contributed by atoms with Crippen LogP contribution in [0.4, 0.5) is 5.69 Å². The SMILES string of the molecule is CS(=O)(=O)N1CCCN(C(=O)C=Cc2ccccc2[N+](=O)[O-])CC1. The molecule has 0 bridgehead atoms. The van der Waals surface area contributed by atoms with Gasteiger partial charge in [-0.1, -0.05) is 12.1 Å². The maximum Gasteiger partial charge on any atom is 0.276 e. The highest BCUT2D eigenvalue weighted by atomic mass is 32.2. The van der Waals surface area contributed by atoms with Crippen LogP contribution in [0.3, 0.4) is 0 Å². The van der Waals surface area contributed by atoms with E-state index in [4.69, 9.17) is 0 Å². The summed E-state index contributed by atoms with van der Waals surface area (Å²) in [4.78, 5) is 24.3. The number of sulfonamides is 1. The van der Waals surface area contributed by atoms with Gasteiger partial charge in [0.15, 0.2) is 0 Å². The average Bonchev–Trinajstić information content (AvgIpc) is 2.78. The Balaban J connectivity index is 2.06. The number of hydrogen-bond donors (Lipinski definition) is 0. The predicted octanol–water partition coefficient (Wildman–Crippen LogP) is 1.10. The number of rotatable bonds is 4. The molecule has 24 heavy (non-hydrogen) atoms. The molecule has 0 atom stereocenters. The van der Waals surface area contributed by atoms with Crippen LogP contribution in [0, 0.1) is 10.1 Å². The first-order valence-electron chi connectivity index (χ1n) is 7.44. The quantitative estimate of drug-likeness (QED) is 0.458. The minimum Gasteiger partial charge on any atom is -0.338 e. The van der Waals surface area contributed by atoms with Gasteiger partial charge in [-0.15, -0.1) is 0 Å². The van der Waals surface area contributed by atoms with E-state index in [-0.39, 0.29) is 18.1 Å². The number of carbonyl (C=O) groups excluding carboxylic acids is 1. The average molecular weight is 353 g/mol. The first-order valence-corrected chi connectivity index (χ1v) is 9.29. The standard InChI is InChI=1S/C15H19N3O5S/c1-24(22,23)17-10-4-9-16(11-12-17)15(19)8-7-13-5-2-3-6-14(13)18(20)21/h2-3,5-8H,4,9-12H2,1H3. The molecule has 1 heterocycles. The largest absolute Gasteiger partial charge is 0.338 e. The summed E-state index contributed by atoms with van der Waals surface area (Å²) in [7, 11) is -3.27. The van der Waals surface area contributed by atoms with Crippen LogP contribution >= 0.6 is 0 Å². The van der Waals surface area contributed by atoms with E-state index >= 15 is 0 Å². The smallest absolute Gasteiger partial charge is 0.276 e. The van der Waals surface area contributed by atoms with Gasteiger partial charge in [-0.3, -0.25) is 14.9 Å². The molecule has 0 radical (unpaired) electrons. The van der Waals surface area contributed by atoms with Crippen molar-refractivity contribution in [2.45, 2.75) is 6.42 Å². The molecule has 130 valence electrons. The third kappa shape index (κ3) is 4.62. The third-order valence-corrected chi connectivity index (χ3v) is 5.08. The van der Waals surface area contributed by atoms with Gasteiger partial charge in [0, 0.05) is 38.3 Å². The Hall–Kier alpha value is -2.26. The van der Waals surface area contributed by atoms with Crippen molar-refractivity contribution >= 4 is 27.7 Å². The summed E-state index contributed by atoms with van der Waals surface area (Å²) in [6, 6.07) is 6.16. The van der Waals surface area contributed by atoms with Crippen LogP contribution in [0.25, 0.3) is 6.08 Å². The van der Waals surface area contributed by atoms with Gasteiger partial charge in [-0.2, -0.15) is 0 Å². The number of nitro groups is 1. The normalized spacial score (nSPS) is 17.0. The van der Waals surface area contributed by atoms with Crippen molar-refractivity contribution in [3.05, 3.63) is 46.0 Å². The van der Waals surface area contributed by atoms with Gasteiger partial charge >= 0.3 is 0 Å². The topological polar surface area (TPSA) is 101 Å². The molecule has 9 heteroatoms. The van der Waals surface area contributed by atoms with Crippen molar-refractivity contribution < 1.29 is 18.1 Å². The number of carbonyl (C=O) groups is 1. The second-order valence-electron chi connectivity index (χ2n) is 5.49. The fraction of sp³-hybridized carbons (Fsp3) is 0.400. The van der Waals surface area contributed by atoms with E-state index in [2.05, 4.69) is 0 Å². The Morgan fingerprint density at radius 2 is 1.92 bits per heavy atom. The second kappa shape index (κ2) is 7.54. The molecule has 1 aromatic carbocycles. The zero-order valence-electron chi connectivity index (χ0n) is 13.3. The Labute approximate surface area is 140 Å². The maximum atomic E-state index is 12.3. The number of amides is 1. The van der Waals surface area contributed by atoms with Crippen molar-refractivity contribution in [2.75, 3.05) is 32.4 Å². The fourth-order valence-electron chi connectivity index (χ4n) is 2.51. The molecule has 1 saturated heterocycles. The van der Waals surface area contributed by atoms with Gasteiger partial charge in [-0.25, -0.2) is 12.7 Å². The van der Waals surface area contributed by atoms with Crippen molar-refractivity contribution in [2.24, 2.45) is 0 Å². The molecular weight excluding hydrogens is 334 g/mol. The van der Waals surface area contributed by atoms with Crippen molar-refractivity contribution in [3.8, 4) is 0 Å². The summed E-state index contributed by atoms with van der Waals surface area (Å²) in [5, 5.41) is 11.0. The molecule has 1 amide bonds. The summed E-state index contributed by atoms with van der Waals surface area (Å²) in [6.45, 7) is 1.39. The van der Waals surface area contributed by atoms with Crippen LogP contribution in [0.15, 0.2) is 30.3 Å². The summed E-state index contributed by atoms with van der Waals surface area (Å²) in [6.07, 6.45) is 4.41. The summed E-state index contributed by atoms with van der Waals surface area (Å²) in [5.41, 5.74) is 0.282. The highest BCUT2D eigenvalue weighted by Gasteiger charge is 2.23. The molecule has 0 saturated carbocycles. The molecule has 1 fully saturated rings. The molecule has 0 spiro atoms. The molecule has 0 aromatic heterocycles. The molecule has 8 nitrogen and oxygen atoms in total. The lowest BCUT2D eigenvalue weighted by Crippen LogP contribution is -2.36. The van der Waals surface area contributed by atoms with E-state index in [0.717, 1.165) is 6.26 Å². The van der Waals surface area contributed by atoms with Gasteiger partial charge < -0.3 is 4.90 Å². The summed E-state index contributed by atoms with van der Waals surface area (Å²) in [5.74, 6) is -0.288. The highest BCUT2D eigenvalue weighted by Crippen LogP contribution is 2.19. The first kappa shape index (κ1) is 18.1. The zero-order valence-corrected chi connectivity index (χ0v) is 14.1. The lowest BCUT2D eigenvalue weighted by Gasteiger charge is -2.19. The molecule has 0 unspecified atom stereocenters. The molecular formula is C15H19N3O5S. The van der Waals surface area contributed by atoms with Crippen molar-refractivity contribution in [3.63, 3.8) is 0 Å². The Morgan fingerprint density at radius 3 is 2.58 bits per heavy atom. The Bertz CT molecular complexity index is 760. The molecule has 1 aromatic rings. The van der Waals surface area contributed by atoms with Gasteiger partial charge in [0.05, 0.1) is 16.7 Å². The number of hydrogen-bond acceptors (Lipinski definition) is 5. The van der Waals surface area contributed by atoms with Crippen molar-refractivity contribution in [1.82, 2.24) is 9.21 Å². The molecule has 0 aliphatic carbocycles. The summed E-state index contributed by atoms with van der Waals surface area (Å²) >= 11 is 0. The lowest BCUT2D eigenvalue weighted by atomic mass is 10.1. The monoisotopic (exact) mass is 353 g/mol. The number of nitrogens with zero attached hydrogens (tertiary/aromatic N) is 3.